The van der Waals surface area contributed by atoms with Crippen molar-refractivity contribution in [3.05, 3.63) is 83.7 Å². The van der Waals surface area contributed by atoms with E-state index in [0.29, 0.717) is 51.7 Å². The Hall–Kier alpha value is -4.06. The standard InChI is InChI=1S/C26H23NO5/c1-4-31-19-14-12-17(13-15-19)24(28)20(26-27-21-9-5-6-10-22(21)32-26)16-18-8-7-11-23(29-2)25(18)30-3/h5-16H,4H2,1-3H3. The third-order valence-electron chi connectivity index (χ3n) is 4.93. The number of Topliss-reactive ketones (excluding diaryl/α,β-unsaturated/α-hetero) is 1. The van der Waals surface area contributed by atoms with E-state index in [0.717, 1.165) is 0 Å². The first-order chi connectivity index (χ1) is 15.6. The van der Waals surface area contributed by atoms with Crippen LogP contribution in [-0.2, 0) is 0 Å². The van der Waals surface area contributed by atoms with Gasteiger partial charge < -0.3 is 18.6 Å². The van der Waals surface area contributed by atoms with Crippen molar-refractivity contribution in [3.63, 3.8) is 0 Å². The number of para-hydroxylation sites is 3. The summed E-state index contributed by atoms with van der Waals surface area (Å²) in [4.78, 5) is 18.1. The molecule has 0 saturated heterocycles. The van der Waals surface area contributed by atoms with E-state index in [4.69, 9.17) is 18.6 Å². The van der Waals surface area contributed by atoms with Gasteiger partial charge in [-0.05, 0) is 55.5 Å². The Labute approximate surface area is 186 Å². The molecule has 6 heteroatoms. The van der Waals surface area contributed by atoms with Crippen LogP contribution in [0, 0.1) is 0 Å². The first-order valence-electron chi connectivity index (χ1n) is 10.2. The Balaban J connectivity index is 1.85. The van der Waals surface area contributed by atoms with Crippen molar-refractivity contribution in [2.75, 3.05) is 20.8 Å². The molecule has 6 nitrogen and oxygen atoms in total. The Morgan fingerprint density at radius 1 is 0.969 bits per heavy atom. The quantitative estimate of drug-likeness (QED) is 0.266. The highest BCUT2D eigenvalue weighted by Gasteiger charge is 2.21. The van der Waals surface area contributed by atoms with Gasteiger partial charge in [0.1, 0.15) is 11.3 Å². The van der Waals surface area contributed by atoms with Crippen LogP contribution < -0.4 is 14.2 Å². The van der Waals surface area contributed by atoms with E-state index in [2.05, 4.69) is 4.98 Å². The van der Waals surface area contributed by atoms with E-state index in [9.17, 15) is 4.79 Å². The van der Waals surface area contributed by atoms with Crippen molar-refractivity contribution in [1.82, 2.24) is 4.98 Å². The number of nitrogens with zero attached hydrogens (tertiary/aromatic N) is 1. The number of carbonyl (C=O) groups excluding carboxylic acids is 1. The number of hydrogen-bond acceptors (Lipinski definition) is 6. The van der Waals surface area contributed by atoms with Crippen LogP contribution in [0.3, 0.4) is 0 Å². The van der Waals surface area contributed by atoms with Gasteiger partial charge in [0.2, 0.25) is 5.89 Å². The highest BCUT2D eigenvalue weighted by atomic mass is 16.5. The van der Waals surface area contributed by atoms with Crippen molar-refractivity contribution < 1.29 is 23.4 Å². The third-order valence-corrected chi connectivity index (χ3v) is 4.93. The molecule has 0 radical (unpaired) electrons. The van der Waals surface area contributed by atoms with Crippen molar-refractivity contribution in [2.24, 2.45) is 0 Å². The number of benzene rings is 3. The van der Waals surface area contributed by atoms with E-state index in [1.54, 1.807) is 50.6 Å². The first-order valence-corrected chi connectivity index (χ1v) is 10.2. The van der Waals surface area contributed by atoms with Gasteiger partial charge in [-0.3, -0.25) is 4.79 Å². The predicted molar refractivity (Wildman–Crippen MR) is 123 cm³/mol. The fourth-order valence-electron chi connectivity index (χ4n) is 3.42. The zero-order chi connectivity index (χ0) is 22.5. The summed E-state index contributed by atoms with van der Waals surface area (Å²) in [5.41, 5.74) is 2.74. The molecule has 0 spiro atoms. The predicted octanol–water partition coefficient (Wildman–Crippen LogP) is 5.67. The molecule has 0 atom stereocenters. The Kier molecular flexibility index (Phi) is 6.22. The van der Waals surface area contributed by atoms with Gasteiger partial charge in [-0.2, -0.15) is 0 Å². The molecule has 0 aliphatic carbocycles. The molecule has 1 aromatic heterocycles. The lowest BCUT2D eigenvalue weighted by Gasteiger charge is -2.11. The van der Waals surface area contributed by atoms with E-state index in [1.807, 2.05) is 43.3 Å². The monoisotopic (exact) mass is 429 g/mol. The van der Waals surface area contributed by atoms with Gasteiger partial charge >= 0.3 is 0 Å². The minimum Gasteiger partial charge on any atom is -0.494 e. The number of ketones is 1. The fraction of sp³-hybridized carbons (Fsp3) is 0.154. The number of aromatic nitrogens is 1. The largest absolute Gasteiger partial charge is 0.494 e. The Morgan fingerprint density at radius 3 is 2.44 bits per heavy atom. The molecule has 4 aromatic rings. The highest BCUT2D eigenvalue weighted by Crippen LogP contribution is 2.34. The summed E-state index contributed by atoms with van der Waals surface area (Å²) in [7, 11) is 3.13. The van der Waals surface area contributed by atoms with Crippen molar-refractivity contribution >= 4 is 28.5 Å². The van der Waals surface area contributed by atoms with Crippen molar-refractivity contribution in [3.8, 4) is 17.2 Å². The van der Waals surface area contributed by atoms with Gasteiger partial charge in [-0.1, -0.05) is 24.3 Å². The van der Waals surface area contributed by atoms with Crippen molar-refractivity contribution in [1.29, 1.82) is 0 Å². The van der Waals surface area contributed by atoms with E-state index in [-0.39, 0.29) is 11.7 Å². The minimum absolute atomic E-state index is 0.231. The van der Waals surface area contributed by atoms with Gasteiger partial charge in [0.25, 0.3) is 0 Å². The molecule has 0 bridgehead atoms. The molecule has 0 fully saturated rings. The number of hydrogen-bond donors (Lipinski definition) is 0. The maximum absolute atomic E-state index is 13.6. The third kappa shape index (κ3) is 4.21. The molecular formula is C26H23NO5. The molecule has 3 aromatic carbocycles. The van der Waals surface area contributed by atoms with Crippen LogP contribution in [0.4, 0.5) is 0 Å². The second kappa shape index (κ2) is 9.39. The lowest BCUT2D eigenvalue weighted by atomic mass is 10.00. The summed E-state index contributed by atoms with van der Waals surface area (Å²) in [6.45, 7) is 2.46. The van der Waals surface area contributed by atoms with Crippen LogP contribution in [-0.4, -0.2) is 31.6 Å². The minimum atomic E-state index is -0.232. The molecule has 0 saturated carbocycles. The molecule has 1 heterocycles. The van der Waals surface area contributed by atoms with Gasteiger partial charge in [0, 0.05) is 11.1 Å². The molecule has 0 aliphatic heterocycles. The highest BCUT2D eigenvalue weighted by molar-refractivity contribution is 6.31. The normalized spacial score (nSPS) is 11.4. The van der Waals surface area contributed by atoms with Gasteiger partial charge in [-0.15, -0.1) is 0 Å². The number of ether oxygens (including phenoxy) is 3. The second-order valence-corrected chi connectivity index (χ2v) is 6.91. The van der Waals surface area contributed by atoms with E-state index in [1.165, 1.54) is 0 Å². The summed E-state index contributed by atoms with van der Waals surface area (Å²) in [6.07, 6.45) is 1.71. The SMILES string of the molecule is CCOc1ccc(C(=O)C(=Cc2cccc(OC)c2OC)c2nc3ccccc3o2)cc1. The lowest BCUT2D eigenvalue weighted by Crippen LogP contribution is -2.04. The lowest BCUT2D eigenvalue weighted by molar-refractivity contribution is 0.105. The van der Waals surface area contributed by atoms with Crippen LogP contribution in [0.1, 0.15) is 28.7 Å². The van der Waals surface area contributed by atoms with Gasteiger partial charge in [0.05, 0.1) is 26.4 Å². The molecule has 162 valence electrons. The molecular weight excluding hydrogens is 406 g/mol. The number of carbonyl (C=O) groups is 1. The molecule has 0 N–H and O–H groups in total. The number of methoxy groups -OCH3 is 2. The summed E-state index contributed by atoms with van der Waals surface area (Å²) in [5, 5.41) is 0. The Morgan fingerprint density at radius 2 is 1.75 bits per heavy atom. The van der Waals surface area contributed by atoms with E-state index >= 15 is 0 Å². The number of oxazole rings is 1. The number of allylic oxidation sites excluding steroid dienone is 1. The van der Waals surface area contributed by atoms with Crippen LogP contribution >= 0.6 is 0 Å². The first kappa shape index (κ1) is 21.2. The van der Waals surface area contributed by atoms with Crippen LogP contribution in [0.5, 0.6) is 17.2 Å². The average Bonchev–Trinajstić information content (AvgIpc) is 3.26. The summed E-state index contributed by atoms with van der Waals surface area (Å²) in [5.74, 6) is 1.78. The molecule has 0 amide bonds. The molecule has 4 rings (SSSR count). The number of rotatable bonds is 8. The second-order valence-electron chi connectivity index (χ2n) is 6.91. The van der Waals surface area contributed by atoms with Crippen molar-refractivity contribution in [2.45, 2.75) is 6.92 Å². The van der Waals surface area contributed by atoms with Crippen LogP contribution in [0.2, 0.25) is 0 Å². The average molecular weight is 429 g/mol. The fourth-order valence-corrected chi connectivity index (χ4v) is 3.42. The zero-order valence-electron chi connectivity index (χ0n) is 18.1. The summed E-state index contributed by atoms with van der Waals surface area (Å²) >= 11 is 0. The zero-order valence-corrected chi connectivity index (χ0v) is 18.1. The summed E-state index contributed by atoms with van der Waals surface area (Å²) in [6, 6.07) is 19.9. The Bertz CT molecular complexity index is 1240. The van der Waals surface area contributed by atoms with Gasteiger partial charge in [0.15, 0.2) is 22.9 Å². The molecule has 0 unspecified atom stereocenters. The molecule has 0 aliphatic rings. The smallest absolute Gasteiger partial charge is 0.231 e. The summed E-state index contributed by atoms with van der Waals surface area (Å²) < 4.78 is 22.4. The molecule has 32 heavy (non-hydrogen) atoms. The number of fused-ring (bicyclic) bond motifs is 1. The van der Waals surface area contributed by atoms with E-state index < -0.39 is 0 Å². The maximum atomic E-state index is 13.6. The van der Waals surface area contributed by atoms with Crippen LogP contribution in [0.25, 0.3) is 22.7 Å². The topological polar surface area (TPSA) is 70.8 Å². The maximum Gasteiger partial charge on any atom is 0.231 e. The van der Waals surface area contributed by atoms with Gasteiger partial charge in [-0.25, -0.2) is 4.98 Å². The van der Waals surface area contributed by atoms with Crippen LogP contribution in [0.15, 0.2) is 71.1 Å².